The molecule has 1 saturated heterocycles. The summed E-state index contributed by atoms with van der Waals surface area (Å²) in [4.78, 5) is 28.1. The van der Waals surface area contributed by atoms with Crippen LogP contribution in [0.1, 0.15) is 10.6 Å². The summed E-state index contributed by atoms with van der Waals surface area (Å²) >= 11 is 0. The zero-order valence-electron chi connectivity index (χ0n) is 15.4. The number of anilines is 1. The first-order valence-electron chi connectivity index (χ1n) is 8.69. The Hall–Kier alpha value is -3.16. The number of furan rings is 1. The lowest BCUT2D eigenvalue weighted by molar-refractivity contribution is -0.130. The van der Waals surface area contributed by atoms with E-state index in [2.05, 4.69) is 5.32 Å². The molecule has 1 N–H and O–H groups in total. The molecule has 2 heterocycles. The minimum atomic E-state index is -0.143. The monoisotopic (exact) mass is 373 g/mol. The quantitative estimate of drug-likeness (QED) is 0.830. The van der Waals surface area contributed by atoms with Crippen molar-refractivity contribution >= 4 is 17.5 Å². The Balaban J connectivity index is 1.49. The van der Waals surface area contributed by atoms with E-state index in [1.807, 2.05) is 6.07 Å². The molecule has 8 nitrogen and oxygen atoms in total. The Morgan fingerprint density at radius 2 is 1.74 bits per heavy atom. The molecule has 1 aliphatic heterocycles. The summed E-state index contributed by atoms with van der Waals surface area (Å²) in [5.41, 5.74) is 0.771. The first kappa shape index (κ1) is 18.6. The van der Waals surface area contributed by atoms with Crippen LogP contribution in [0.2, 0.25) is 0 Å². The number of carbonyl (C=O) groups is 2. The highest BCUT2D eigenvalue weighted by molar-refractivity contribution is 5.91. The van der Waals surface area contributed by atoms with E-state index in [9.17, 15) is 9.59 Å². The number of hydrogen-bond donors (Lipinski definition) is 1. The smallest absolute Gasteiger partial charge is 0.289 e. The van der Waals surface area contributed by atoms with Crippen molar-refractivity contribution in [2.75, 3.05) is 52.3 Å². The lowest BCUT2D eigenvalue weighted by atomic mass is 10.2. The van der Waals surface area contributed by atoms with Crippen molar-refractivity contribution in [1.29, 1.82) is 0 Å². The molecule has 0 aliphatic carbocycles. The van der Waals surface area contributed by atoms with Gasteiger partial charge in [0.15, 0.2) is 17.3 Å². The highest BCUT2D eigenvalue weighted by Gasteiger charge is 2.25. The number of carbonyl (C=O) groups excluding carboxylic acids is 2. The fourth-order valence-corrected chi connectivity index (χ4v) is 2.95. The van der Waals surface area contributed by atoms with Gasteiger partial charge in [0, 0.05) is 37.9 Å². The Morgan fingerprint density at radius 1 is 1.04 bits per heavy atom. The standard InChI is InChI=1S/C19H23N3O5/c1-25-15-6-5-14(12-17(15)26-2)20-13-18(23)21-7-9-22(10-8-21)19(24)16-4-3-11-27-16/h3-6,11-12,20H,7-10,13H2,1-2H3. The summed E-state index contributed by atoms with van der Waals surface area (Å²) in [6.07, 6.45) is 1.48. The van der Waals surface area contributed by atoms with Gasteiger partial charge in [-0.3, -0.25) is 9.59 Å². The predicted molar refractivity (Wildman–Crippen MR) is 99.2 cm³/mol. The molecule has 0 bridgehead atoms. The van der Waals surface area contributed by atoms with Crippen LogP contribution in [-0.2, 0) is 4.79 Å². The molecular formula is C19H23N3O5. The summed E-state index contributed by atoms with van der Waals surface area (Å²) in [5, 5.41) is 3.10. The number of nitrogens with one attached hydrogen (secondary N) is 1. The van der Waals surface area contributed by atoms with Crippen LogP contribution in [0.3, 0.4) is 0 Å². The van der Waals surface area contributed by atoms with Crippen molar-refractivity contribution in [3.8, 4) is 11.5 Å². The maximum Gasteiger partial charge on any atom is 0.289 e. The molecule has 0 atom stereocenters. The summed E-state index contributed by atoms with van der Waals surface area (Å²) in [7, 11) is 3.14. The van der Waals surface area contributed by atoms with Crippen LogP contribution in [0.5, 0.6) is 11.5 Å². The molecule has 1 aromatic carbocycles. The van der Waals surface area contributed by atoms with Crippen LogP contribution < -0.4 is 14.8 Å². The number of benzene rings is 1. The molecule has 27 heavy (non-hydrogen) atoms. The van der Waals surface area contributed by atoms with Crippen molar-refractivity contribution in [1.82, 2.24) is 9.80 Å². The van der Waals surface area contributed by atoms with Gasteiger partial charge in [0.1, 0.15) is 0 Å². The topological polar surface area (TPSA) is 84.3 Å². The van der Waals surface area contributed by atoms with Crippen molar-refractivity contribution in [3.63, 3.8) is 0 Å². The third-order valence-electron chi connectivity index (χ3n) is 4.48. The molecule has 0 saturated carbocycles. The minimum Gasteiger partial charge on any atom is -0.493 e. The minimum absolute atomic E-state index is 0.0186. The normalized spacial score (nSPS) is 14.0. The molecule has 0 radical (unpaired) electrons. The zero-order chi connectivity index (χ0) is 19.2. The molecule has 8 heteroatoms. The summed E-state index contributed by atoms with van der Waals surface area (Å²) in [6.45, 7) is 2.14. The molecular weight excluding hydrogens is 350 g/mol. The molecule has 0 spiro atoms. The molecule has 2 amide bonds. The third kappa shape index (κ3) is 4.33. The molecule has 0 unspecified atom stereocenters. The van der Waals surface area contributed by atoms with Crippen molar-refractivity contribution in [2.45, 2.75) is 0 Å². The number of nitrogens with zero attached hydrogens (tertiary/aromatic N) is 2. The second kappa shape index (κ2) is 8.48. The summed E-state index contributed by atoms with van der Waals surface area (Å²) in [6, 6.07) is 8.73. The van der Waals surface area contributed by atoms with E-state index < -0.39 is 0 Å². The van der Waals surface area contributed by atoms with Crippen molar-refractivity contribution < 1.29 is 23.5 Å². The van der Waals surface area contributed by atoms with Gasteiger partial charge in [-0.25, -0.2) is 0 Å². The Bertz CT molecular complexity index is 783. The van der Waals surface area contributed by atoms with E-state index in [0.29, 0.717) is 43.4 Å². The van der Waals surface area contributed by atoms with Crippen LogP contribution >= 0.6 is 0 Å². The van der Waals surface area contributed by atoms with Crippen LogP contribution in [0.15, 0.2) is 41.0 Å². The number of ether oxygens (including phenoxy) is 2. The lowest BCUT2D eigenvalue weighted by Gasteiger charge is -2.34. The fourth-order valence-electron chi connectivity index (χ4n) is 2.95. The maximum absolute atomic E-state index is 12.4. The largest absolute Gasteiger partial charge is 0.493 e. The van der Waals surface area contributed by atoms with Crippen LogP contribution in [0.25, 0.3) is 0 Å². The zero-order valence-corrected chi connectivity index (χ0v) is 15.4. The first-order chi connectivity index (χ1) is 13.1. The SMILES string of the molecule is COc1ccc(NCC(=O)N2CCN(C(=O)c3ccco3)CC2)cc1OC. The average molecular weight is 373 g/mol. The van der Waals surface area contributed by atoms with Gasteiger partial charge in [0.2, 0.25) is 5.91 Å². The number of rotatable bonds is 6. The molecule has 144 valence electrons. The van der Waals surface area contributed by atoms with Gasteiger partial charge in [-0.1, -0.05) is 0 Å². The first-order valence-corrected chi connectivity index (χ1v) is 8.69. The highest BCUT2D eigenvalue weighted by Crippen LogP contribution is 2.29. The second-order valence-corrected chi connectivity index (χ2v) is 6.07. The predicted octanol–water partition coefficient (Wildman–Crippen LogP) is 1.69. The van der Waals surface area contributed by atoms with Crippen LogP contribution in [0.4, 0.5) is 5.69 Å². The number of hydrogen-bond acceptors (Lipinski definition) is 6. The molecule has 2 aromatic rings. The Labute approximate surface area is 157 Å². The molecule has 1 fully saturated rings. The maximum atomic E-state index is 12.4. The average Bonchev–Trinajstić information content (AvgIpc) is 3.26. The van der Waals surface area contributed by atoms with Gasteiger partial charge in [-0.2, -0.15) is 0 Å². The molecule has 3 rings (SSSR count). The van der Waals surface area contributed by atoms with E-state index in [0.717, 1.165) is 5.69 Å². The third-order valence-corrected chi connectivity index (χ3v) is 4.48. The summed E-state index contributed by atoms with van der Waals surface area (Å²) in [5.74, 6) is 1.39. The number of amides is 2. The van der Waals surface area contributed by atoms with E-state index in [1.54, 1.807) is 48.3 Å². The van der Waals surface area contributed by atoms with Gasteiger partial charge >= 0.3 is 0 Å². The van der Waals surface area contributed by atoms with E-state index in [-0.39, 0.29) is 18.4 Å². The van der Waals surface area contributed by atoms with Gasteiger partial charge in [-0.05, 0) is 24.3 Å². The van der Waals surface area contributed by atoms with E-state index in [4.69, 9.17) is 13.9 Å². The van der Waals surface area contributed by atoms with Crippen LogP contribution in [-0.4, -0.2) is 68.6 Å². The number of methoxy groups -OCH3 is 2. The van der Waals surface area contributed by atoms with Gasteiger partial charge in [0.05, 0.1) is 27.0 Å². The number of piperazine rings is 1. The van der Waals surface area contributed by atoms with E-state index >= 15 is 0 Å². The van der Waals surface area contributed by atoms with Crippen molar-refractivity contribution in [3.05, 3.63) is 42.4 Å². The molecule has 1 aliphatic rings. The van der Waals surface area contributed by atoms with Gasteiger partial charge in [0.25, 0.3) is 5.91 Å². The fraction of sp³-hybridized carbons (Fsp3) is 0.368. The lowest BCUT2D eigenvalue weighted by Crippen LogP contribution is -2.51. The summed E-state index contributed by atoms with van der Waals surface area (Å²) < 4.78 is 15.6. The Kier molecular flexibility index (Phi) is 5.85. The van der Waals surface area contributed by atoms with E-state index in [1.165, 1.54) is 6.26 Å². The van der Waals surface area contributed by atoms with Crippen LogP contribution in [0, 0.1) is 0 Å². The molecule has 1 aromatic heterocycles. The Morgan fingerprint density at radius 3 is 2.37 bits per heavy atom. The second-order valence-electron chi connectivity index (χ2n) is 6.07. The van der Waals surface area contributed by atoms with Gasteiger partial charge < -0.3 is 29.0 Å². The van der Waals surface area contributed by atoms with Crippen molar-refractivity contribution in [2.24, 2.45) is 0 Å². The van der Waals surface area contributed by atoms with Gasteiger partial charge in [-0.15, -0.1) is 0 Å². The highest BCUT2D eigenvalue weighted by atomic mass is 16.5.